The van der Waals surface area contributed by atoms with Crippen LogP contribution in [0.25, 0.3) is 11.2 Å². The first kappa shape index (κ1) is 14.9. The predicted octanol–water partition coefficient (Wildman–Crippen LogP) is 3.90. The van der Waals surface area contributed by atoms with E-state index in [0.717, 1.165) is 42.1 Å². The third kappa shape index (κ3) is 2.37. The van der Waals surface area contributed by atoms with Gasteiger partial charge in [0.15, 0.2) is 5.65 Å². The Kier molecular flexibility index (Phi) is 3.76. The van der Waals surface area contributed by atoms with E-state index in [0.29, 0.717) is 17.2 Å². The molecule has 2 aromatic heterocycles. The van der Waals surface area contributed by atoms with Gasteiger partial charge in [0.2, 0.25) is 0 Å². The molecule has 1 fully saturated rings. The van der Waals surface area contributed by atoms with E-state index in [1.165, 1.54) is 12.8 Å². The average molecular weight is 309 g/mol. The van der Waals surface area contributed by atoms with Crippen molar-refractivity contribution in [3.05, 3.63) is 11.5 Å². The summed E-state index contributed by atoms with van der Waals surface area (Å²) >= 11 is 6.16. The molecule has 2 heterocycles. The van der Waals surface area contributed by atoms with E-state index in [9.17, 15) is 0 Å². The van der Waals surface area contributed by atoms with Gasteiger partial charge in [-0.05, 0) is 30.6 Å². The Morgan fingerprint density at radius 3 is 2.57 bits per heavy atom. The molecule has 0 radical (unpaired) electrons. The van der Waals surface area contributed by atoms with Crippen LogP contribution in [0, 0.1) is 11.3 Å². The first-order valence-corrected chi connectivity index (χ1v) is 8.53. The zero-order valence-electron chi connectivity index (χ0n) is 13.5. The van der Waals surface area contributed by atoms with E-state index >= 15 is 0 Å². The summed E-state index contributed by atoms with van der Waals surface area (Å²) in [4.78, 5) is 4.79. The van der Waals surface area contributed by atoms with Crippen LogP contribution in [0.15, 0.2) is 0 Å². The van der Waals surface area contributed by atoms with Crippen molar-refractivity contribution in [1.82, 2.24) is 19.3 Å². The van der Waals surface area contributed by atoms with Crippen molar-refractivity contribution < 1.29 is 0 Å². The molecule has 0 saturated heterocycles. The molecular weight excluding hydrogens is 284 g/mol. The number of hydrogen-bond acceptors (Lipinski definition) is 2. The monoisotopic (exact) mass is 308 g/mol. The minimum Gasteiger partial charge on any atom is -0.311 e. The molecule has 0 aromatic carbocycles. The smallest absolute Gasteiger partial charge is 0.158 e. The van der Waals surface area contributed by atoms with E-state index in [-0.39, 0.29) is 0 Å². The van der Waals surface area contributed by atoms with Crippen LogP contribution in [-0.2, 0) is 25.9 Å². The van der Waals surface area contributed by atoms with Crippen molar-refractivity contribution in [3.8, 4) is 0 Å². The topological polar surface area (TPSA) is 35.6 Å². The quantitative estimate of drug-likeness (QED) is 0.759. The maximum atomic E-state index is 6.16. The zero-order chi connectivity index (χ0) is 15.2. The van der Waals surface area contributed by atoms with Crippen molar-refractivity contribution in [1.29, 1.82) is 0 Å². The summed E-state index contributed by atoms with van der Waals surface area (Å²) in [6.07, 6.45) is 4.69. The number of imidazole rings is 1. The number of aromatic nitrogens is 4. The van der Waals surface area contributed by atoms with Crippen LogP contribution in [0.3, 0.4) is 0 Å². The summed E-state index contributed by atoms with van der Waals surface area (Å²) in [7, 11) is 2.02. The molecule has 2 aromatic rings. The van der Waals surface area contributed by atoms with Crippen LogP contribution in [0.4, 0.5) is 0 Å². The molecule has 1 saturated carbocycles. The molecule has 0 unspecified atom stereocenters. The molecule has 1 aliphatic rings. The van der Waals surface area contributed by atoms with Gasteiger partial charge < -0.3 is 4.57 Å². The summed E-state index contributed by atoms with van der Waals surface area (Å²) in [5.74, 6) is 2.15. The lowest BCUT2D eigenvalue weighted by molar-refractivity contribution is 0.308. The van der Waals surface area contributed by atoms with E-state index in [2.05, 4.69) is 30.4 Å². The number of hydrogen-bond donors (Lipinski definition) is 0. The van der Waals surface area contributed by atoms with Crippen molar-refractivity contribution in [2.75, 3.05) is 0 Å². The van der Waals surface area contributed by atoms with Crippen molar-refractivity contribution in [2.24, 2.45) is 18.4 Å². The van der Waals surface area contributed by atoms with Gasteiger partial charge in [-0.3, -0.25) is 4.68 Å². The van der Waals surface area contributed by atoms with Gasteiger partial charge in [-0.2, -0.15) is 5.10 Å². The van der Waals surface area contributed by atoms with Crippen LogP contribution in [0.2, 0.25) is 0 Å². The second kappa shape index (κ2) is 5.31. The Balaban J connectivity index is 2.08. The molecule has 1 aliphatic carbocycles. The lowest BCUT2D eigenvalue weighted by atomic mass is 9.92. The largest absolute Gasteiger partial charge is 0.311 e. The highest BCUT2D eigenvalue weighted by Gasteiger charge is 2.46. The normalized spacial score (nSPS) is 17.0. The molecule has 0 atom stereocenters. The molecule has 21 heavy (non-hydrogen) atoms. The van der Waals surface area contributed by atoms with Gasteiger partial charge in [0, 0.05) is 13.6 Å². The number of alkyl halides is 1. The Morgan fingerprint density at radius 1 is 1.33 bits per heavy atom. The van der Waals surface area contributed by atoms with Gasteiger partial charge in [-0.15, -0.1) is 11.6 Å². The number of aryl methyl sites for hydroxylation is 2. The summed E-state index contributed by atoms with van der Waals surface area (Å²) in [6, 6.07) is 0. The molecule has 0 bridgehead atoms. The fourth-order valence-corrected chi connectivity index (χ4v) is 3.56. The van der Waals surface area contributed by atoms with E-state index in [1.807, 2.05) is 11.7 Å². The van der Waals surface area contributed by atoms with Gasteiger partial charge >= 0.3 is 0 Å². The molecule has 116 valence electrons. The van der Waals surface area contributed by atoms with Crippen LogP contribution in [-0.4, -0.2) is 19.3 Å². The average Bonchev–Trinajstić information content (AvgIpc) is 3.05. The predicted molar refractivity (Wildman–Crippen MR) is 86.6 cm³/mol. The van der Waals surface area contributed by atoms with Gasteiger partial charge in [-0.25, -0.2) is 4.98 Å². The second-order valence-electron chi connectivity index (χ2n) is 6.76. The molecule has 5 heteroatoms. The fraction of sp³-hybridized carbons (Fsp3) is 0.750. The number of fused-ring (bicyclic) bond motifs is 1. The Morgan fingerprint density at radius 2 is 2.05 bits per heavy atom. The van der Waals surface area contributed by atoms with Crippen LogP contribution < -0.4 is 0 Å². The van der Waals surface area contributed by atoms with Crippen molar-refractivity contribution in [2.45, 2.75) is 58.9 Å². The SMILES string of the molecule is CCCc1nn(C)c2c1nc(CCl)n2CC1(C(C)C)CC1. The number of halogens is 1. The highest BCUT2D eigenvalue weighted by molar-refractivity contribution is 6.16. The maximum Gasteiger partial charge on any atom is 0.158 e. The first-order valence-electron chi connectivity index (χ1n) is 7.99. The highest BCUT2D eigenvalue weighted by Crippen LogP contribution is 2.53. The van der Waals surface area contributed by atoms with E-state index < -0.39 is 0 Å². The third-order valence-corrected chi connectivity index (χ3v) is 5.31. The molecule has 4 nitrogen and oxygen atoms in total. The molecule has 3 rings (SSSR count). The Labute approximate surface area is 131 Å². The van der Waals surface area contributed by atoms with E-state index in [1.54, 1.807) is 0 Å². The first-order chi connectivity index (χ1) is 10.0. The van der Waals surface area contributed by atoms with Gasteiger partial charge in [0.25, 0.3) is 0 Å². The minimum atomic E-state index is 0.434. The van der Waals surface area contributed by atoms with Crippen LogP contribution in [0.5, 0.6) is 0 Å². The summed E-state index contributed by atoms with van der Waals surface area (Å²) < 4.78 is 4.31. The molecule has 0 amide bonds. The summed E-state index contributed by atoms with van der Waals surface area (Å²) in [5, 5.41) is 4.66. The molecule has 0 N–H and O–H groups in total. The lowest BCUT2D eigenvalue weighted by Gasteiger charge is -2.21. The number of nitrogens with zero attached hydrogens (tertiary/aromatic N) is 4. The van der Waals surface area contributed by atoms with Crippen LogP contribution in [0.1, 0.15) is 51.6 Å². The lowest BCUT2D eigenvalue weighted by Crippen LogP contribution is -2.20. The van der Waals surface area contributed by atoms with E-state index in [4.69, 9.17) is 16.6 Å². The number of rotatable bonds is 6. The van der Waals surface area contributed by atoms with Gasteiger partial charge in [0.05, 0.1) is 11.6 Å². The second-order valence-corrected chi connectivity index (χ2v) is 7.02. The third-order valence-electron chi connectivity index (χ3n) is 5.07. The van der Waals surface area contributed by atoms with Crippen molar-refractivity contribution in [3.63, 3.8) is 0 Å². The zero-order valence-corrected chi connectivity index (χ0v) is 14.2. The maximum absolute atomic E-state index is 6.16. The van der Waals surface area contributed by atoms with Crippen molar-refractivity contribution >= 4 is 22.8 Å². The summed E-state index contributed by atoms with van der Waals surface area (Å²) in [5.41, 5.74) is 3.73. The molecule has 0 aliphatic heterocycles. The Bertz CT molecular complexity index is 649. The summed E-state index contributed by atoms with van der Waals surface area (Å²) in [6.45, 7) is 7.85. The minimum absolute atomic E-state index is 0.434. The Hall–Kier alpha value is -1.03. The molecule has 0 spiro atoms. The van der Waals surface area contributed by atoms with Gasteiger partial charge in [0.1, 0.15) is 11.3 Å². The van der Waals surface area contributed by atoms with Gasteiger partial charge in [-0.1, -0.05) is 27.2 Å². The van der Waals surface area contributed by atoms with Crippen LogP contribution >= 0.6 is 11.6 Å². The fourth-order valence-electron chi connectivity index (χ4n) is 3.35. The standard InChI is InChI=1S/C16H25ClN4/c1-5-6-12-14-15(20(4)19-12)21(13(9-17)18-14)10-16(7-8-16)11(2)3/h11H,5-10H2,1-4H3. The highest BCUT2D eigenvalue weighted by atomic mass is 35.5. The molecular formula is C16H25ClN4.